The van der Waals surface area contributed by atoms with Crippen LogP contribution in [0.2, 0.25) is 0 Å². The van der Waals surface area contributed by atoms with Crippen molar-refractivity contribution in [3.05, 3.63) is 65.6 Å². The van der Waals surface area contributed by atoms with Crippen molar-refractivity contribution in [3.63, 3.8) is 0 Å². The molecule has 25 heavy (non-hydrogen) atoms. The number of hydrogen-bond acceptors (Lipinski definition) is 5. The lowest BCUT2D eigenvalue weighted by atomic mass is 10.2. The molecule has 0 aliphatic heterocycles. The number of carbonyl (C=O) groups is 1. The molecule has 5 nitrogen and oxygen atoms in total. The summed E-state index contributed by atoms with van der Waals surface area (Å²) in [6.45, 7) is -0.384. The topological polar surface area (TPSA) is 68.7 Å². The Labute approximate surface area is 147 Å². The first-order valence-corrected chi connectivity index (χ1v) is 8.20. The van der Waals surface area contributed by atoms with Crippen molar-refractivity contribution in [2.75, 3.05) is 6.61 Å². The Morgan fingerprint density at radius 3 is 2.68 bits per heavy atom. The number of thiazole rings is 1. The van der Waals surface area contributed by atoms with E-state index >= 15 is 0 Å². The van der Waals surface area contributed by atoms with E-state index in [1.54, 1.807) is 6.20 Å². The summed E-state index contributed by atoms with van der Waals surface area (Å²) < 4.78 is 24.2. The lowest BCUT2D eigenvalue weighted by Crippen LogP contribution is -2.10. The van der Waals surface area contributed by atoms with E-state index in [9.17, 15) is 9.18 Å². The van der Waals surface area contributed by atoms with Gasteiger partial charge in [-0.1, -0.05) is 30.3 Å². The highest BCUT2D eigenvalue weighted by molar-refractivity contribution is 7.15. The molecule has 0 amide bonds. The van der Waals surface area contributed by atoms with Crippen LogP contribution < -0.4 is 9.47 Å². The number of rotatable bonds is 7. The van der Waals surface area contributed by atoms with E-state index < -0.39 is 18.4 Å². The normalized spacial score (nSPS) is 10.4. The highest BCUT2D eigenvalue weighted by atomic mass is 32.1. The average molecular weight is 359 g/mol. The summed E-state index contributed by atoms with van der Waals surface area (Å²) in [7, 11) is 0. The van der Waals surface area contributed by atoms with E-state index in [1.807, 2.05) is 30.3 Å². The van der Waals surface area contributed by atoms with E-state index in [-0.39, 0.29) is 12.4 Å². The second-order valence-electron chi connectivity index (χ2n) is 5.05. The third kappa shape index (κ3) is 4.54. The van der Waals surface area contributed by atoms with Gasteiger partial charge < -0.3 is 14.6 Å². The number of hydrogen-bond donors (Lipinski definition) is 1. The monoisotopic (exact) mass is 359 g/mol. The molecule has 0 saturated heterocycles. The zero-order valence-electron chi connectivity index (χ0n) is 13.0. The first kappa shape index (κ1) is 16.9. The molecule has 7 heteroatoms. The van der Waals surface area contributed by atoms with Crippen LogP contribution in [0.1, 0.15) is 5.01 Å². The number of nitrogens with zero attached hydrogens (tertiary/aromatic N) is 1. The van der Waals surface area contributed by atoms with E-state index in [1.165, 1.54) is 23.5 Å². The fraction of sp³-hybridized carbons (Fsp3) is 0.111. The quantitative estimate of drug-likeness (QED) is 0.691. The highest BCUT2D eigenvalue weighted by Gasteiger charge is 2.09. The van der Waals surface area contributed by atoms with E-state index in [2.05, 4.69) is 4.98 Å². The van der Waals surface area contributed by atoms with Crippen molar-refractivity contribution < 1.29 is 23.8 Å². The molecule has 0 aliphatic carbocycles. The van der Waals surface area contributed by atoms with Crippen LogP contribution in [0.15, 0.2) is 54.7 Å². The minimum atomic E-state index is -1.17. The maximum atomic E-state index is 13.8. The third-order valence-corrected chi connectivity index (χ3v) is 4.25. The summed E-state index contributed by atoms with van der Waals surface area (Å²) >= 11 is 1.50. The van der Waals surface area contributed by atoms with Gasteiger partial charge in [0, 0.05) is 12.3 Å². The second kappa shape index (κ2) is 7.76. The van der Waals surface area contributed by atoms with E-state index in [0.29, 0.717) is 5.75 Å². The Morgan fingerprint density at radius 1 is 1.16 bits per heavy atom. The molecule has 2 aromatic carbocycles. The Hall–Kier alpha value is -2.93. The van der Waals surface area contributed by atoms with Crippen LogP contribution in [0.3, 0.4) is 0 Å². The Balaban J connectivity index is 1.61. The first-order chi connectivity index (χ1) is 12.1. The summed E-state index contributed by atoms with van der Waals surface area (Å²) in [5, 5.41) is 9.31. The summed E-state index contributed by atoms with van der Waals surface area (Å²) in [6, 6.07) is 13.9. The van der Waals surface area contributed by atoms with Gasteiger partial charge in [0.1, 0.15) is 17.4 Å². The predicted octanol–water partition coefficient (Wildman–Crippen LogP) is 3.99. The van der Waals surface area contributed by atoms with Gasteiger partial charge in [-0.05, 0) is 17.7 Å². The lowest BCUT2D eigenvalue weighted by Gasteiger charge is -2.07. The van der Waals surface area contributed by atoms with Crippen molar-refractivity contribution >= 4 is 17.3 Å². The van der Waals surface area contributed by atoms with Gasteiger partial charge in [-0.15, -0.1) is 11.3 Å². The van der Waals surface area contributed by atoms with Crippen molar-refractivity contribution in [1.29, 1.82) is 0 Å². The van der Waals surface area contributed by atoms with Gasteiger partial charge in [0.05, 0.1) is 4.88 Å². The molecule has 0 spiro atoms. The Kier molecular flexibility index (Phi) is 5.25. The average Bonchev–Trinajstić information content (AvgIpc) is 3.09. The van der Waals surface area contributed by atoms with Crippen molar-refractivity contribution in [2.45, 2.75) is 6.61 Å². The molecule has 3 aromatic rings. The molecule has 0 saturated carbocycles. The molecule has 3 rings (SSSR count). The van der Waals surface area contributed by atoms with Gasteiger partial charge in [0.15, 0.2) is 18.2 Å². The van der Waals surface area contributed by atoms with Gasteiger partial charge in [0.25, 0.3) is 0 Å². The molecule has 0 atom stereocenters. The van der Waals surface area contributed by atoms with Crippen molar-refractivity contribution in [2.24, 2.45) is 0 Å². The molecular weight excluding hydrogens is 345 g/mol. The van der Waals surface area contributed by atoms with Crippen molar-refractivity contribution in [3.8, 4) is 21.9 Å². The molecule has 0 aliphatic rings. The summed E-state index contributed by atoms with van der Waals surface area (Å²) in [6.07, 6.45) is 1.78. The molecular formula is C18H14FNO4S. The second-order valence-corrected chi connectivity index (χ2v) is 6.16. The number of benzene rings is 2. The summed E-state index contributed by atoms with van der Waals surface area (Å²) in [5.41, 5.74) is 1.08. The number of halogens is 1. The van der Waals surface area contributed by atoms with Gasteiger partial charge in [-0.25, -0.2) is 14.2 Å². The summed E-state index contributed by atoms with van der Waals surface area (Å²) in [4.78, 5) is 15.8. The zero-order chi connectivity index (χ0) is 17.6. The number of carboxylic acids is 1. The molecule has 0 radical (unpaired) electrons. The fourth-order valence-corrected chi connectivity index (χ4v) is 2.92. The minimum Gasteiger partial charge on any atom is -0.486 e. The molecule has 1 heterocycles. The molecule has 1 aromatic heterocycles. The first-order valence-electron chi connectivity index (χ1n) is 7.39. The van der Waals surface area contributed by atoms with E-state index in [0.717, 1.165) is 21.5 Å². The number of carboxylic acid groups (broad SMARTS) is 1. The van der Waals surface area contributed by atoms with Crippen LogP contribution in [-0.2, 0) is 11.4 Å². The van der Waals surface area contributed by atoms with Crippen LogP contribution >= 0.6 is 11.3 Å². The number of ether oxygens (including phenoxy) is 2. The van der Waals surface area contributed by atoms with Gasteiger partial charge in [-0.2, -0.15) is 0 Å². The largest absolute Gasteiger partial charge is 0.486 e. The minimum absolute atomic E-state index is 0.129. The van der Waals surface area contributed by atoms with Crippen LogP contribution in [0.5, 0.6) is 11.5 Å². The highest BCUT2D eigenvalue weighted by Crippen LogP contribution is 2.27. The Bertz CT molecular complexity index is 867. The van der Waals surface area contributed by atoms with Gasteiger partial charge in [0.2, 0.25) is 0 Å². The molecule has 128 valence electrons. The number of aromatic nitrogens is 1. The van der Waals surface area contributed by atoms with Crippen LogP contribution in [0.25, 0.3) is 10.4 Å². The van der Waals surface area contributed by atoms with Crippen LogP contribution in [-0.4, -0.2) is 22.7 Å². The Morgan fingerprint density at radius 2 is 1.96 bits per heavy atom. The smallest absolute Gasteiger partial charge is 0.341 e. The molecule has 0 fully saturated rings. The van der Waals surface area contributed by atoms with Crippen LogP contribution in [0, 0.1) is 5.82 Å². The number of aliphatic carboxylic acids is 1. The third-order valence-electron chi connectivity index (χ3n) is 3.23. The van der Waals surface area contributed by atoms with Gasteiger partial charge in [-0.3, -0.25) is 0 Å². The van der Waals surface area contributed by atoms with E-state index in [4.69, 9.17) is 14.6 Å². The fourth-order valence-electron chi connectivity index (χ4n) is 2.09. The lowest BCUT2D eigenvalue weighted by molar-refractivity contribution is -0.139. The standard InChI is InChI=1S/C18H14FNO4S/c19-14-8-13(6-7-15(14)24-11-18(21)22)23-10-17-20-9-16(25-17)12-4-2-1-3-5-12/h1-9H,10-11H2,(H,21,22). The molecule has 0 unspecified atom stereocenters. The SMILES string of the molecule is O=C(O)COc1ccc(OCc2ncc(-c3ccccc3)s2)cc1F. The van der Waals surface area contributed by atoms with Crippen LogP contribution in [0.4, 0.5) is 4.39 Å². The predicted molar refractivity (Wildman–Crippen MR) is 91.4 cm³/mol. The summed E-state index contributed by atoms with van der Waals surface area (Å²) in [5.74, 6) is -1.66. The maximum absolute atomic E-state index is 13.8. The molecule has 1 N–H and O–H groups in total. The van der Waals surface area contributed by atoms with Crippen molar-refractivity contribution in [1.82, 2.24) is 4.98 Å². The zero-order valence-corrected chi connectivity index (χ0v) is 13.8. The van der Waals surface area contributed by atoms with Gasteiger partial charge >= 0.3 is 5.97 Å². The maximum Gasteiger partial charge on any atom is 0.341 e. The molecule has 0 bridgehead atoms.